The summed E-state index contributed by atoms with van der Waals surface area (Å²) in [4.78, 5) is 0. The topological polar surface area (TPSA) is 0 Å². The zero-order valence-corrected chi connectivity index (χ0v) is 8.06. The van der Waals surface area contributed by atoms with Gasteiger partial charge < -0.3 is 0 Å². The van der Waals surface area contributed by atoms with E-state index in [4.69, 9.17) is 0 Å². The summed E-state index contributed by atoms with van der Waals surface area (Å²) in [5, 5.41) is 0. The van der Waals surface area contributed by atoms with Crippen LogP contribution in [-0.2, 0) is 6.18 Å². The number of hydrogen-bond acceptors (Lipinski definition) is 0. The van der Waals surface area contributed by atoms with Crippen LogP contribution in [0.1, 0.15) is 11.1 Å². The van der Waals surface area contributed by atoms with Crippen molar-refractivity contribution in [2.45, 2.75) is 13.1 Å². The van der Waals surface area contributed by atoms with E-state index in [1.807, 2.05) is 0 Å². The van der Waals surface area contributed by atoms with Crippen molar-refractivity contribution in [2.24, 2.45) is 0 Å². The van der Waals surface area contributed by atoms with E-state index >= 15 is 0 Å². The van der Waals surface area contributed by atoms with E-state index in [2.05, 4.69) is 0 Å². The Kier molecular flexibility index (Phi) is 3.77. The standard InChI is InChI=1S/C8H7F3.BrH/c1-6-3-2-4-7(5-6)8(9,10)11;/h2-5H,1H3;1H. The molecule has 0 heterocycles. The molecule has 1 rings (SSSR count). The molecule has 0 fully saturated rings. The number of alkyl halides is 3. The van der Waals surface area contributed by atoms with E-state index in [-0.39, 0.29) is 17.0 Å². The van der Waals surface area contributed by atoms with Crippen molar-refractivity contribution in [3.8, 4) is 0 Å². The van der Waals surface area contributed by atoms with Crippen LogP contribution in [0.2, 0.25) is 0 Å². The molecule has 0 radical (unpaired) electrons. The molecule has 0 unspecified atom stereocenters. The van der Waals surface area contributed by atoms with E-state index < -0.39 is 11.7 Å². The predicted octanol–water partition coefficient (Wildman–Crippen LogP) is 3.59. The Balaban J connectivity index is 0.00000121. The van der Waals surface area contributed by atoms with Crippen molar-refractivity contribution in [3.63, 3.8) is 0 Å². The van der Waals surface area contributed by atoms with Crippen LogP contribution in [0.4, 0.5) is 13.2 Å². The summed E-state index contributed by atoms with van der Waals surface area (Å²) in [5.41, 5.74) is 0.0392. The van der Waals surface area contributed by atoms with Crippen LogP contribution < -0.4 is 0 Å². The van der Waals surface area contributed by atoms with Gasteiger partial charge in [0.1, 0.15) is 0 Å². The Morgan fingerprint density at radius 1 is 1.17 bits per heavy atom. The highest BCUT2D eigenvalue weighted by Gasteiger charge is 2.29. The molecule has 4 heteroatoms. The van der Waals surface area contributed by atoms with Gasteiger partial charge in [0.25, 0.3) is 0 Å². The highest BCUT2D eigenvalue weighted by atomic mass is 79.9. The van der Waals surface area contributed by atoms with Gasteiger partial charge in [-0.15, -0.1) is 17.0 Å². The van der Waals surface area contributed by atoms with Crippen LogP contribution in [0.15, 0.2) is 24.3 Å². The summed E-state index contributed by atoms with van der Waals surface area (Å²) >= 11 is 0. The minimum absolute atomic E-state index is 0. The van der Waals surface area contributed by atoms with Gasteiger partial charge in [0, 0.05) is 0 Å². The molecule has 0 amide bonds. The maximum Gasteiger partial charge on any atom is 0.416 e. The molecule has 12 heavy (non-hydrogen) atoms. The zero-order chi connectivity index (χ0) is 8.48. The first kappa shape index (κ1) is 11.5. The Morgan fingerprint density at radius 2 is 1.75 bits per heavy atom. The van der Waals surface area contributed by atoms with Crippen LogP contribution in [0, 0.1) is 6.92 Å². The average Bonchev–Trinajstić information content (AvgIpc) is 1.86. The third-order valence-corrected chi connectivity index (χ3v) is 1.35. The number of halogens is 4. The lowest BCUT2D eigenvalue weighted by molar-refractivity contribution is -0.137. The molecule has 0 bridgehead atoms. The molecule has 0 spiro atoms. The largest absolute Gasteiger partial charge is 0.416 e. The molecule has 0 saturated carbocycles. The van der Waals surface area contributed by atoms with Crippen molar-refractivity contribution < 1.29 is 13.2 Å². The van der Waals surface area contributed by atoms with Gasteiger partial charge in [-0.1, -0.05) is 23.8 Å². The van der Waals surface area contributed by atoms with E-state index in [0.717, 1.165) is 12.1 Å². The molecule has 1 aromatic rings. The third kappa shape index (κ3) is 2.85. The van der Waals surface area contributed by atoms with Crippen molar-refractivity contribution in [3.05, 3.63) is 35.4 Å². The lowest BCUT2D eigenvalue weighted by atomic mass is 10.1. The molecule has 0 aliphatic carbocycles. The lowest BCUT2D eigenvalue weighted by Gasteiger charge is -2.05. The predicted molar refractivity (Wildman–Crippen MR) is 46.5 cm³/mol. The molecule has 0 atom stereocenters. The Bertz CT molecular complexity index is 255. The van der Waals surface area contributed by atoms with Gasteiger partial charge in [0.05, 0.1) is 5.56 Å². The first-order valence-corrected chi connectivity index (χ1v) is 3.14. The van der Waals surface area contributed by atoms with Gasteiger partial charge in [-0.3, -0.25) is 0 Å². The van der Waals surface area contributed by atoms with Crippen LogP contribution in [0.5, 0.6) is 0 Å². The molecule has 0 N–H and O–H groups in total. The quantitative estimate of drug-likeness (QED) is 0.651. The molecule has 0 aliphatic heterocycles. The fraction of sp³-hybridized carbons (Fsp3) is 0.250. The highest BCUT2D eigenvalue weighted by molar-refractivity contribution is 8.93. The van der Waals surface area contributed by atoms with E-state index in [1.165, 1.54) is 6.07 Å². The van der Waals surface area contributed by atoms with Crippen LogP contribution in [0.25, 0.3) is 0 Å². The minimum atomic E-state index is -4.22. The second-order valence-corrected chi connectivity index (χ2v) is 2.37. The second-order valence-electron chi connectivity index (χ2n) is 2.37. The SMILES string of the molecule is Br.Cc1cccc(C(F)(F)F)c1. The summed E-state index contributed by atoms with van der Waals surface area (Å²) in [6, 6.07) is 5.22. The molecule has 0 nitrogen and oxygen atoms in total. The molecule has 0 saturated heterocycles. The van der Waals surface area contributed by atoms with Crippen LogP contribution in [-0.4, -0.2) is 0 Å². The van der Waals surface area contributed by atoms with Gasteiger partial charge >= 0.3 is 6.18 Å². The maximum absolute atomic E-state index is 12.0. The van der Waals surface area contributed by atoms with Crippen LogP contribution in [0.3, 0.4) is 0 Å². The first-order valence-electron chi connectivity index (χ1n) is 3.14. The normalized spacial score (nSPS) is 10.7. The number of hydrogen-bond donors (Lipinski definition) is 0. The molecule has 1 aromatic carbocycles. The Morgan fingerprint density at radius 3 is 2.08 bits per heavy atom. The molecule has 0 aliphatic rings. The zero-order valence-electron chi connectivity index (χ0n) is 6.35. The van der Waals surface area contributed by atoms with Gasteiger partial charge in [-0.05, 0) is 13.0 Å². The molecule has 68 valence electrons. The lowest BCUT2D eigenvalue weighted by Crippen LogP contribution is -2.04. The van der Waals surface area contributed by atoms with Crippen molar-refractivity contribution in [2.75, 3.05) is 0 Å². The first-order chi connectivity index (χ1) is 5.00. The maximum atomic E-state index is 12.0. The third-order valence-electron chi connectivity index (χ3n) is 1.35. The molecular weight excluding hydrogens is 233 g/mol. The summed E-state index contributed by atoms with van der Waals surface area (Å²) in [6.07, 6.45) is -4.22. The Labute approximate surface area is 79.2 Å². The average molecular weight is 241 g/mol. The molecular formula is C8H8BrF3. The van der Waals surface area contributed by atoms with Crippen LogP contribution >= 0.6 is 17.0 Å². The summed E-state index contributed by atoms with van der Waals surface area (Å²) in [7, 11) is 0. The van der Waals surface area contributed by atoms with E-state index in [0.29, 0.717) is 5.56 Å². The number of rotatable bonds is 0. The minimum Gasteiger partial charge on any atom is -0.166 e. The molecule has 0 aromatic heterocycles. The smallest absolute Gasteiger partial charge is 0.166 e. The van der Waals surface area contributed by atoms with Gasteiger partial charge in [0.2, 0.25) is 0 Å². The van der Waals surface area contributed by atoms with Gasteiger partial charge in [-0.25, -0.2) is 0 Å². The summed E-state index contributed by atoms with van der Waals surface area (Å²) in [5.74, 6) is 0. The Hall–Kier alpha value is -0.510. The van der Waals surface area contributed by atoms with E-state index in [9.17, 15) is 13.2 Å². The number of aryl methyl sites for hydroxylation is 1. The summed E-state index contributed by atoms with van der Waals surface area (Å²) in [6.45, 7) is 1.63. The van der Waals surface area contributed by atoms with Gasteiger partial charge in [0.15, 0.2) is 0 Å². The monoisotopic (exact) mass is 240 g/mol. The highest BCUT2D eigenvalue weighted by Crippen LogP contribution is 2.29. The van der Waals surface area contributed by atoms with Crippen molar-refractivity contribution in [1.29, 1.82) is 0 Å². The summed E-state index contributed by atoms with van der Waals surface area (Å²) < 4.78 is 35.9. The van der Waals surface area contributed by atoms with E-state index in [1.54, 1.807) is 13.0 Å². The van der Waals surface area contributed by atoms with Gasteiger partial charge in [-0.2, -0.15) is 13.2 Å². The van der Waals surface area contributed by atoms with Crippen molar-refractivity contribution in [1.82, 2.24) is 0 Å². The second kappa shape index (κ2) is 3.94. The van der Waals surface area contributed by atoms with Crippen molar-refractivity contribution >= 4 is 17.0 Å². The number of benzene rings is 1. The fourth-order valence-electron chi connectivity index (χ4n) is 0.821. The fourth-order valence-corrected chi connectivity index (χ4v) is 0.821.